The van der Waals surface area contributed by atoms with Crippen LogP contribution in [0.4, 0.5) is 5.69 Å². The van der Waals surface area contributed by atoms with E-state index >= 15 is 0 Å². The number of fused-ring (bicyclic) bond motifs is 1. The van der Waals surface area contributed by atoms with Crippen molar-refractivity contribution in [1.82, 2.24) is 0 Å². The van der Waals surface area contributed by atoms with Gasteiger partial charge in [-0.2, -0.15) is 0 Å². The highest BCUT2D eigenvalue weighted by molar-refractivity contribution is 5.47. The Morgan fingerprint density at radius 1 is 1.11 bits per heavy atom. The molecule has 19 heavy (non-hydrogen) atoms. The highest BCUT2D eigenvalue weighted by Crippen LogP contribution is 2.50. The van der Waals surface area contributed by atoms with E-state index in [-0.39, 0.29) is 5.60 Å². The van der Waals surface area contributed by atoms with Crippen LogP contribution in [-0.4, -0.2) is 25.8 Å². The van der Waals surface area contributed by atoms with Gasteiger partial charge in [0, 0.05) is 25.7 Å². The fourth-order valence-corrected chi connectivity index (χ4v) is 3.87. The summed E-state index contributed by atoms with van der Waals surface area (Å²) in [6, 6.07) is 9.03. The lowest BCUT2D eigenvalue weighted by Crippen LogP contribution is -2.23. The maximum atomic E-state index is 6.31. The van der Waals surface area contributed by atoms with E-state index in [0.717, 1.165) is 5.92 Å². The van der Waals surface area contributed by atoms with E-state index in [9.17, 15) is 0 Å². The van der Waals surface area contributed by atoms with Crippen molar-refractivity contribution < 1.29 is 4.74 Å². The molecule has 2 heteroatoms. The lowest BCUT2D eigenvalue weighted by Gasteiger charge is -2.24. The predicted molar refractivity (Wildman–Crippen MR) is 79.8 cm³/mol. The van der Waals surface area contributed by atoms with Crippen LogP contribution >= 0.6 is 0 Å². The third-order valence-corrected chi connectivity index (χ3v) is 4.76. The van der Waals surface area contributed by atoms with Gasteiger partial charge in [0.25, 0.3) is 0 Å². The lowest BCUT2D eigenvalue weighted by molar-refractivity contribution is -0.0250. The normalized spacial score (nSPS) is 32.3. The largest absolute Gasteiger partial charge is 0.378 e. The molecule has 1 aliphatic heterocycles. The van der Waals surface area contributed by atoms with Crippen LogP contribution in [0, 0.1) is 5.92 Å². The predicted octanol–water partition coefficient (Wildman–Crippen LogP) is 3.81. The molecule has 0 bridgehead atoms. The Bertz CT molecular complexity index is 449. The second kappa shape index (κ2) is 4.52. The summed E-state index contributed by atoms with van der Waals surface area (Å²) in [5.41, 5.74) is 2.80. The lowest BCUT2D eigenvalue weighted by atomic mass is 9.92. The highest BCUT2D eigenvalue weighted by atomic mass is 16.5. The van der Waals surface area contributed by atoms with Crippen LogP contribution in [0.1, 0.15) is 44.6 Å². The van der Waals surface area contributed by atoms with Crippen LogP contribution in [0.15, 0.2) is 24.3 Å². The maximum absolute atomic E-state index is 6.31. The smallest absolute Gasteiger partial charge is 0.0680 e. The molecule has 0 unspecified atom stereocenters. The average molecular weight is 259 g/mol. The van der Waals surface area contributed by atoms with E-state index in [2.05, 4.69) is 57.1 Å². The molecule has 104 valence electrons. The number of rotatable bonds is 2. The summed E-state index contributed by atoms with van der Waals surface area (Å²) in [6.45, 7) is 4.47. The Morgan fingerprint density at radius 2 is 1.79 bits per heavy atom. The number of ether oxygens (including phenoxy) is 1. The molecule has 3 rings (SSSR count). The first-order chi connectivity index (χ1) is 8.96. The summed E-state index contributed by atoms with van der Waals surface area (Å²) in [5, 5.41) is 0. The number of hydrogen-bond donors (Lipinski definition) is 0. The molecule has 0 aromatic heterocycles. The first kappa shape index (κ1) is 13.0. The molecule has 0 radical (unpaired) electrons. The van der Waals surface area contributed by atoms with Gasteiger partial charge in [-0.1, -0.05) is 12.1 Å². The topological polar surface area (TPSA) is 12.5 Å². The molecule has 1 heterocycles. The van der Waals surface area contributed by atoms with E-state index in [1.54, 1.807) is 0 Å². The molecule has 2 fully saturated rings. The first-order valence-electron chi connectivity index (χ1n) is 7.41. The summed E-state index contributed by atoms with van der Waals surface area (Å²) < 4.78 is 6.31. The van der Waals surface area contributed by atoms with Gasteiger partial charge < -0.3 is 9.64 Å². The van der Waals surface area contributed by atoms with Crippen molar-refractivity contribution in [3.8, 4) is 0 Å². The van der Waals surface area contributed by atoms with Gasteiger partial charge in [0.05, 0.1) is 11.7 Å². The molecule has 0 spiro atoms. The standard InChI is InChI=1S/C17H25NO/c1-17(2)11-13-7-10-15(16(13)19-17)12-5-8-14(9-6-12)18(3)4/h5-6,8-9,13,15-16H,7,10-11H2,1-4H3/t13-,15+,16+/m1/s1. The monoisotopic (exact) mass is 259 g/mol. The SMILES string of the molecule is CN(C)c1ccc([C@@H]2CC[C@@H]3CC(C)(C)O[C@@H]32)cc1. The Labute approximate surface area is 116 Å². The Balaban J connectivity index is 1.79. The van der Waals surface area contributed by atoms with Crippen molar-refractivity contribution in [1.29, 1.82) is 0 Å². The van der Waals surface area contributed by atoms with Gasteiger partial charge in [0.2, 0.25) is 0 Å². The molecular formula is C17H25NO. The summed E-state index contributed by atoms with van der Waals surface area (Å²) in [6.07, 6.45) is 4.28. The summed E-state index contributed by atoms with van der Waals surface area (Å²) >= 11 is 0. The summed E-state index contributed by atoms with van der Waals surface area (Å²) in [4.78, 5) is 2.15. The van der Waals surface area contributed by atoms with Crippen molar-refractivity contribution in [3.05, 3.63) is 29.8 Å². The number of benzene rings is 1. The fraction of sp³-hybridized carbons (Fsp3) is 0.647. The second-order valence-electron chi connectivity index (χ2n) is 6.98. The minimum Gasteiger partial charge on any atom is -0.378 e. The van der Waals surface area contributed by atoms with Gasteiger partial charge >= 0.3 is 0 Å². The molecule has 1 aromatic carbocycles. The summed E-state index contributed by atoms with van der Waals surface area (Å²) in [5.74, 6) is 1.37. The molecular weight excluding hydrogens is 234 g/mol. The fourth-order valence-electron chi connectivity index (χ4n) is 3.87. The third kappa shape index (κ3) is 2.38. The average Bonchev–Trinajstić information content (AvgIpc) is 2.84. The van der Waals surface area contributed by atoms with Crippen molar-refractivity contribution >= 4 is 5.69 Å². The van der Waals surface area contributed by atoms with Crippen LogP contribution in [-0.2, 0) is 4.74 Å². The molecule has 0 amide bonds. The molecule has 1 saturated carbocycles. The van der Waals surface area contributed by atoms with E-state index in [1.807, 2.05) is 0 Å². The number of nitrogens with zero attached hydrogens (tertiary/aromatic N) is 1. The zero-order valence-electron chi connectivity index (χ0n) is 12.5. The maximum Gasteiger partial charge on any atom is 0.0680 e. The molecule has 2 nitrogen and oxygen atoms in total. The minimum atomic E-state index is 0.0809. The van der Waals surface area contributed by atoms with Crippen LogP contribution in [0.2, 0.25) is 0 Å². The van der Waals surface area contributed by atoms with Gasteiger partial charge in [-0.25, -0.2) is 0 Å². The van der Waals surface area contributed by atoms with Crippen LogP contribution < -0.4 is 4.90 Å². The Hall–Kier alpha value is -1.02. The molecule has 1 aromatic rings. The number of anilines is 1. The zero-order valence-corrected chi connectivity index (χ0v) is 12.5. The van der Waals surface area contributed by atoms with Crippen molar-refractivity contribution in [2.75, 3.05) is 19.0 Å². The van der Waals surface area contributed by atoms with Crippen molar-refractivity contribution in [2.24, 2.45) is 5.92 Å². The van der Waals surface area contributed by atoms with Crippen LogP contribution in [0.3, 0.4) is 0 Å². The number of hydrogen-bond acceptors (Lipinski definition) is 2. The molecule has 1 saturated heterocycles. The zero-order chi connectivity index (χ0) is 13.6. The van der Waals surface area contributed by atoms with E-state index in [0.29, 0.717) is 12.0 Å². The van der Waals surface area contributed by atoms with Gasteiger partial charge in [-0.3, -0.25) is 0 Å². The van der Waals surface area contributed by atoms with Crippen molar-refractivity contribution in [3.63, 3.8) is 0 Å². The Kier molecular flexibility index (Phi) is 3.09. The minimum absolute atomic E-state index is 0.0809. The first-order valence-corrected chi connectivity index (χ1v) is 7.41. The van der Waals surface area contributed by atoms with Crippen LogP contribution in [0.5, 0.6) is 0 Å². The van der Waals surface area contributed by atoms with Crippen LogP contribution in [0.25, 0.3) is 0 Å². The molecule has 3 atom stereocenters. The van der Waals surface area contributed by atoms with E-state index in [4.69, 9.17) is 4.74 Å². The van der Waals surface area contributed by atoms with Gasteiger partial charge in [0.1, 0.15) is 0 Å². The van der Waals surface area contributed by atoms with E-state index in [1.165, 1.54) is 30.5 Å². The quantitative estimate of drug-likeness (QED) is 0.800. The van der Waals surface area contributed by atoms with Crippen molar-refractivity contribution in [2.45, 2.75) is 50.7 Å². The second-order valence-corrected chi connectivity index (χ2v) is 6.98. The van der Waals surface area contributed by atoms with Gasteiger partial charge in [0.15, 0.2) is 0 Å². The van der Waals surface area contributed by atoms with Gasteiger partial charge in [-0.05, 0) is 56.7 Å². The molecule has 1 aliphatic carbocycles. The van der Waals surface area contributed by atoms with Gasteiger partial charge in [-0.15, -0.1) is 0 Å². The Morgan fingerprint density at radius 3 is 2.42 bits per heavy atom. The highest BCUT2D eigenvalue weighted by Gasteiger charge is 2.47. The molecule has 2 aliphatic rings. The molecule has 0 N–H and O–H groups in total. The third-order valence-electron chi connectivity index (χ3n) is 4.76. The van der Waals surface area contributed by atoms with E-state index < -0.39 is 0 Å². The summed E-state index contributed by atoms with van der Waals surface area (Å²) in [7, 11) is 4.17.